The van der Waals surface area contributed by atoms with Gasteiger partial charge in [-0.2, -0.15) is 0 Å². The number of hydrogen-bond acceptors (Lipinski definition) is 4. The van der Waals surface area contributed by atoms with Crippen LogP contribution in [0.3, 0.4) is 0 Å². The number of fused-ring (bicyclic) bond motifs is 1. The molecule has 1 saturated heterocycles. The average Bonchev–Trinajstić information content (AvgIpc) is 3.05. The molecule has 0 spiro atoms. The smallest absolute Gasteiger partial charge is 0.223 e. The molecule has 25 heavy (non-hydrogen) atoms. The van der Waals surface area contributed by atoms with E-state index in [9.17, 15) is 4.79 Å². The van der Waals surface area contributed by atoms with Crippen LogP contribution in [0.25, 0.3) is 0 Å². The number of likely N-dealkylation sites (N-methyl/N-ethyl adjacent to an activating group) is 1. The molecule has 1 aliphatic carbocycles. The highest BCUT2D eigenvalue weighted by atomic mass is 16.2. The highest BCUT2D eigenvalue weighted by Gasteiger charge is 2.34. The fraction of sp³-hybridized carbons (Fsp3) is 0.842. The quantitative estimate of drug-likeness (QED) is 0.845. The zero-order chi connectivity index (χ0) is 17.2. The minimum Gasteiger partial charge on any atom is -0.332 e. The Kier molecular flexibility index (Phi) is 5.06. The van der Waals surface area contributed by atoms with Crippen molar-refractivity contribution in [3.8, 4) is 0 Å². The molecule has 6 heteroatoms. The summed E-state index contributed by atoms with van der Waals surface area (Å²) in [6.45, 7) is 3.71. The number of aromatic nitrogens is 3. The maximum absolute atomic E-state index is 13.1. The summed E-state index contributed by atoms with van der Waals surface area (Å²) in [5.41, 5.74) is 0. The van der Waals surface area contributed by atoms with Crippen LogP contribution in [0.4, 0.5) is 0 Å². The van der Waals surface area contributed by atoms with Gasteiger partial charge in [-0.1, -0.05) is 19.3 Å². The van der Waals surface area contributed by atoms with E-state index in [1.807, 2.05) is 0 Å². The van der Waals surface area contributed by atoms with Crippen molar-refractivity contribution < 1.29 is 4.79 Å². The Balaban J connectivity index is 1.50. The summed E-state index contributed by atoms with van der Waals surface area (Å²) in [7, 11) is 2.12. The summed E-state index contributed by atoms with van der Waals surface area (Å²) in [4.78, 5) is 17.5. The molecule has 0 N–H and O–H groups in total. The van der Waals surface area contributed by atoms with Gasteiger partial charge >= 0.3 is 0 Å². The molecule has 0 aromatic carbocycles. The second-order valence-electron chi connectivity index (χ2n) is 8.17. The molecular weight excluding hydrogens is 314 g/mol. The van der Waals surface area contributed by atoms with Crippen LogP contribution in [0, 0.1) is 5.92 Å². The first kappa shape index (κ1) is 17.0. The predicted octanol–water partition coefficient (Wildman–Crippen LogP) is 2.75. The van der Waals surface area contributed by atoms with Gasteiger partial charge in [-0.25, -0.2) is 0 Å². The van der Waals surface area contributed by atoms with Gasteiger partial charge in [0.15, 0.2) is 5.82 Å². The zero-order valence-electron chi connectivity index (χ0n) is 15.5. The number of hydrogen-bond donors (Lipinski definition) is 0. The van der Waals surface area contributed by atoms with Crippen LogP contribution in [0.2, 0.25) is 0 Å². The van der Waals surface area contributed by atoms with E-state index < -0.39 is 0 Å². The Hall–Kier alpha value is -1.43. The van der Waals surface area contributed by atoms with Gasteiger partial charge in [-0.3, -0.25) is 9.69 Å². The minimum absolute atomic E-state index is 0.134. The minimum atomic E-state index is 0.134. The molecule has 6 nitrogen and oxygen atoms in total. The zero-order valence-corrected chi connectivity index (χ0v) is 15.5. The summed E-state index contributed by atoms with van der Waals surface area (Å²) in [5.74, 6) is 3.03. The maximum Gasteiger partial charge on any atom is 0.223 e. The SMILES string of the molecule is CN1CCn2c(nnc2[C@H]2CCCCN2C(=O)CC2CCCCC2)C1. The predicted molar refractivity (Wildman–Crippen MR) is 95.9 cm³/mol. The largest absolute Gasteiger partial charge is 0.332 e. The van der Waals surface area contributed by atoms with Crippen molar-refractivity contribution in [3.63, 3.8) is 0 Å². The molecule has 2 fully saturated rings. The topological polar surface area (TPSA) is 54.3 Å². The van der Waals surface area contributed by atoms with Gasteiger partial charge in [0.25, 0.3) is 0 Å². The Labute approximate surface area is 150 Å². The Morgan fingerprint density at radius 1 is 1.00 bits per heavy atom. The van der Waals surface area contributed by atoms with Gasteiger partial charge < -0.3 is 9.47 Å². The lowest BCUT2D eigenvalue weighted by molar-refractivity contribution is -0.136. The normalized spacial score (nSPS) is 25.8. The Morgan fingerprint density at radius 2 is 1.80 bits per heavy atom. The molecule has 1 aromatic rings. The van der Waals surface area contributed by atoms with Crippen molar-refractivity contribution in [2.45, 2.75) is 76.9 Å². The van der Waals surface area contributed by atoms with Crippen LogP contribution in [-0.2, 0) is 17.9 Å². The summed E-state index contributed by atoms with van der Waals surface area (Å²) >= 11 is 0. The lowest BCUT2D eigenvalue weighted by Gasteiger charge is -2.37. The van der Waals surface area contributed by atoms with Gasteiger partial charge in [-0.15, -0.1) is 10.2 Å². The third-order valence-electron chi connectivity index (χ3n) is 6.28. The standard InChI is InChI=1S/C19H31N5O/c1-22-11-12-24-17(14-22)20-21-19(24)16-9-5-6-10-23(16)18(25)13-15-7-3-2-4-8-15/h15-16H,2-14H2,1H3/t16-/m1/s1. The average molecular weight is 345 g/mol. The van der Waals surface area contributed by atoms with Crippen molar-refractivity contribution in [1.82, 2.24) is 24.6 Å². The van der Waals surface area contributed by atoms with Crippen LogP contribution in [-0.4, -0.2) is 50.6 Å². The second-order valence-corrected chi connectivity index (χ2v) is 8.17. The Bertz CT molecular complexity index is 607. The summed E-state index contributed by atoms with van der Waals surface area (Å²) < 4.78 is 2.27. The second kappa shape index (κ2) is 7.44. The summed E-state index contributed by atoms with van der Waals surface area (Å²) in [5, 5.41) is 8.95. The van der Waals surface area contributed by atoms with Crippen molar-refractivity contribution in [2.24, 2.45) is 5.92 Å². The molecule has 1 amide bonds. The molecule has 1 aromatic heterocycles. The van der Waals surface area contributed by atoms with E-state index in [1.165, 1.54) is 38.5 Å². The number of amides is 1. The highest BCUT2D eigenvalue weighted by molar-refractivity contribution is 5.77. The highest BCUT2D eigenvalue weighted by Crippen LogP contribution is 2.34. The van der Waals surface area contributed by atoms with E-state index >= 15 is 0 Å². The monoisotopic (exact) mass is 345 g/mol. The van der Waals surface area contributed by atoms with E-state index in [0.29, 0.717) is 11.8 Å². The lowest BCUT2D eigenvalue weighted by atomic mass is 9.86. The van der Waals surface area contributed by atoms with Gasteiger partial charge in [0, 0.05) is 26.1 Å². The molecule has 3 aliphatic rings. The van der Waals surface area contributed by atoms with Crippen LogP contribution in [0.1, 0.15) is 75.5 Å². The molecule has 138 valence electrons. The van der Waals surface area contributed by atoms with Crippen molar-refractivity contribution in [3.05, 3.63) is 11.6 Å². The van der Waals surface area contributed by atoms with Crippen LogP contribution in [0.15, 0.2) is 0 Å². The van der Waals surface area contributed by atoms with Crippen LogP contribution in [0.5, 0.6) is 0 Å². The summed E-state index contributed by atoms with van der Waals surface area (Å²) in [6, 6.07) is 0.134. The molecule has 4 rings (SSSR count). The first-order valence-corrected chi connectivity index (χ1v) is 10.1. The van der Waals surface area contributed by atoms with Gasteiger partial charge in [0.05, 0.1) is 12.6 Å². The number of piperidine rings is 1. The molecule has 0 unspecified atom stereocenters. The van der Waals surface area contributed by atoms with E-state index in [2.05, 4.69) is 31.6 Å². The lowest BCUT2D eigenvalue weighted by Crippen LogP contribution is -2.41. The first-order valence-electron chi connectivity index (χ1n) is 10.1. The van der Waals surface area contributed by atoms with Gasteiger partial charge in [-0.05, 0) is 45.1 Å². The fourth-order valence-electron chi connectivity index (χ4n) is 4.80. The number of nitrogens with zero attached hydrogens (tertiary/aromatic N) is 5. The molecule has 0 bridgehead atoms. The third-order valence-corrected chi connectivity index (χ3v) is 6.28. The number of rotatable bonds is 3. The van der Waals surface area contributed by atoms with E-state index in [0.717, 1.165) is 57.1 Å². The van der Waals surface area contributed by atoms with Crippen molar-refractivity contribution in [1.29, 1.82) is 0 Å². The maximum atomic E-state index is 13.1. The van der Waals surface area contributed by atoms with Crippen LogP contribution < -0.4 is 0 Å². The van der Waals surface area contributed by atoms with E-state index in [-0.39, 0.29) is 6.04 Å². The van der Waals surface area contributed by atoms with Gasteiger partial charge in [0.2, 0.25) is 5.91 Å². The van der Waals surface area contributed by atoms with Gasteiger partial charge in [0.1, 0.15) is 5.82 Å². The van der Waals surface area contributed by atoms with Crippen molar-refractivity contribution >= 4 is 5.91 Å². The number of carbonyl (C=O) groups is 1. The molecule has 2 aliphatic heterocycles. The molecule has 1 saturated carbocycles. The summed E-state index contributed by atoms with van der Waals surface area (Å²) in [6.07, 6.45) is 10.5. The fourth-order valence-corrected chi connectivity index (χ4v) is 4.80. The number of likely N-dealkylation sites (tertiary alicyclic amines) is 1. The first-order chi connectivity index (χ1) is 12.2. The van der Waals surface area contributed by atoms with Crippen LogP contribution >= 0.6 is 0 Å². The molecular formula is C19H31N5O. The molecule has 1 atom stereocenters. The van der Waals surface area contributed by atoms with E-state index in [4.69, 9.17) is 0 Å². The third kappa shape index (κ3) is 3.59. The number of carbonyl (C=O) groups excluding carboxylic acids is 1. The van der Waals surface area contributed by atoms with E-state index in [1.54, 1.807) is 0 Å². The van der Waals surface area contributed by atoms with Crippen molar-refractivity contribution in [2.75, 3.05) is 20.1 Å². The molecule has 0 radical (unpaired) electrons. The Morgan fingerprint density at radius 3 is 2.64 bits per heavy atom. The molecule has 3 heterocycles.